The van der Waals surface area contributed by atoms with Gasteiger partial charge in [0.15, 0.2) is 0 Å². The Balaban J connectivity index is 1.42. The van der Waals surface area contributed by atoms with Gasteiger partial charge in [0.2, 0.25) is 5.88 Å². The maximum absolute atomic E-state index is 13.1. The van der Waals surface area contributed by atoms with Crippen LogP contribution < -0.4 is 26.6 Å². The number of methoxy groups -OCH3 is 1. The minimum Gasteiger partial charge on any atom is -0.481 e. The summed E-state index contributed by atoms with van der Waals surface area (Å²) in [5, 5.41) is 16.8. The van der Waals surface area contributed by atoms with Gasteiger partial charge in [-0.1, -0.05) is 48.0 Å². The number of rotatable bonds is 8. The molecule has 12 heteroatoms. The number of aryl methyl sites for hydroxylation is 1. The number of carbonyl (C=O) groups is 1. The van der Waals surface area contributed by atoms with E-state index in [2.05, 4.69) is 10.6 Å². The predicted molar refractivity (Wildman–Crippen MR) is 168 cm³/mol. The molecule has 5 rings (SSSR count). The summed E-state index contributed by atoms with van der Waals surface area (Å²) in [7, 11) is 4.37. The largest absolute Gasteiger partial charge is 0.481 e. The molecule has 0 aliphatic carbocycles. The van der Waals surface area contributed by atoms with Gasteiger partial charge in [-0.25, -0.2) is 9.78 Å². The van der Waals surface area contributed by atoms with E-state index in [1.165, 1.54) is 24.9 Å². The number of nitrogens with one attached hydrogen (secondary N) is 2. The van der Waals surface area contributed by atoms with E-state index in [0.717, 1.165) is 26.8 Å². The zero-order chi connectivity index (χ0) is 31.5. The summed E-state index contributed by atoms with van der Waals surface area (Å²) in [6.45, 7) is 3.23. The number of aromatic nitrogens is 3. The van der Waals surface area contributed by atoms with Crippen molar-refractivity contribution in [2.24, 2.45) is 14.1 Å². The van der Waals surface area contributed by atoms with Crippen molar-refractivity contribution in [2.75, 3.05) is 25.6 Å². The van der Waals surface area contributed by atoms with Crippen molar-refractivity contribution in [3.63, 3.8) is 0 Å². The second-order valence-electron chi connectivity index (χ2n) is 10.7. The highest BCUT2D eigenvalue weighted by molar-refractivity contribution is 6.36. The zero-order valence-electron chi connectivity index (χ0n) is 24.9. The second kappa shape index (κ2) is 13.1. The van der Waals surface area contributed by atoms with Crippen molar-refractivity contribution >= 4 is 23.2 Å². The van der Waals surface area contributed by atoms with Crippen molar-refractivity contribution in [2.45, 2.75) is 32.0 Å². The topological polar surface area (TPSA) is 137 Å². The van der Waals surface area contributed by atoms with E-state index in [1.807, 2.05) is 43.3 Å². The van der Waals surface area contributed by atoms with E-state index in [-0.39, 0.29) is 11.6 Å². The first-order valence-electron chi connectivity index (χ1n) is 14.1. The molecule has 1 aliphatic heterocycles. The molecule has 0 bridgehead atoms. The van der Waals surface area contributed by atoms with Crippen LogP contribution in [0.2, 0.25) is 5.02 Å². The van der Waals surface area contributed by atoms with Gasteiger partial charge in [-0.2, -0.15) is 0 Å². The molecule has 230 valence electrons. The van der Waals surface area contributed by atoms with Crippen LogP contribution in [0.5, 0.6) is 5.88 Å². The highest BCUT2D eigenvalue weighted by Gasteiger charge is 2.24. The van der Waals surface area contributed by atoms with Crippen molar-refractivity contribution in [3.8, 4) is 28.3 Å². The number of nitrogens with zero attached hydrogens (tertiary/aromatic N) is 3. The van der Waals surface area contributed by atoms with Crippen LogP contribution in [0.4, 0.5) is 5.69 Å². The summed E-state index contributed by atoms with van der Waals surface area (Å²) in [5.74, 6) is -0.179. The Labute approximate surface area is 259 Å². The molecule has 1 saturated heterocycles. The average Bonchev–Trinajstić information content (AvgIpc) is 3.02. The van der Waals surface area contributed by atoms with Crippen LogP contribution in [0.15, 0.2) is 64.3 Å². The number of carbonyl (C=O) groups excluding carboxylic acids is 1. The molecule has 0 radical (unpaired) electrons. The Hall–Kier alpha value is -4.29. The molecule has 1 aliphatic rings. The van der Waals surface area contributed by atoms with Gasteiger partial charge < -0.3 is 29.8 Å². The number of halogens is 1. The first kappa shape index (κ1) is 31.1. The van der Waals surface area contributed by atoms with Gasteiger partial charge in [0.05, 0.1) is 30.5 Å². The molecule has 0 saturated carbocycles. The van der Waals surface area contributed by atoms with Crippen LogP contribution in [-0.4, -0.2) is 57.6 Å². The lowest BCUT2D eigenvalue weighted by Crippen LogP contribution is -2.46. The number of pyridine rings is 1. The van der Waals surface area contributed by atoms with Gasteiger partial charge >= 0.3 is 5.69 Å². The molecule has 3 heterocycles. The van der Waals surface area contributed by atoms with Crippen LogP contribution in [0, 0.1) is 6.92 Å². The van der Waals surface area contributed by atoms with Gasteiger partial charge in [0.1, 0.15) is 5.56 Å². The summed E-state index contributed by atoms with van der Waals surface area (Å²) < 4.78 is 13.0. The van der Waals surface area contributed by atoms with E-state index >= 15 is 0 Å². The SMILES string of the molecule is COc1nc(-c2cccc(-c3cccc(NC(=O)c4cn(C)c(=O)n(C)c4=O)c3C)c2Cl)ccc1CN[C@H]1CCOC[C@H]1O. The molecular weight excluding hydrogens is 586 g/mol. The summed E-state index contributed by atoms with van der Waals surface area (Å²) >= 11 is 6.99. The van der Waals surface area contributed by atoms with Crippen molar-refractivity contribution in [3.05, 3.63) is 97.3 Å². The molecule has 44 heavy (non-hydrogen) atoms. The van der Waals surface area contributed by atoms with Crippen LogP contribution in [-0.2, 0) is 25.4 Å². The van der Waals surface area contributed by atoms with Crippen LogP contribution >= 0.6 is 11.6 Å². The van der Waals surface area contributed by atoms with E-state index in [4.69, 9.17) is 26.1 Å². The van der Waals surface area contributed by atoms with E-state index in [1.54, 1.807) is 19.2 Å². The Morgan fingerprint density at radius 2 is 1.84 bits per heavy atom. The number of hydrogen-bond acceptors (Lipinski definition) is 8. The summed E-state index contributed by atoms with van der Waals surface area (Å²) in [6.07, 6.45) is 1.38. The van der Waals surface area contributed by atoms with Gasteiger partial charge in [0.25, 0.3) is 11.5 Å². The standard InChI is InChI=1S/C32H34ClN5O6/c1-18-20(7-6-10-24(18)35-29(40)23-16-37(2)32(42)38(3)31(23)41)21-8-5-9-22(28(21)33)25-12-11-19(30(36-25)43-4)15-34-26-13-14-44-17-27(26)39/h5-12,16,26-27,34,39H,13-15,17H2,1-4H3,(H,35,40)/t26-,27+/m0/s1. The molecule has 1 amide bonds. The minimum absolute atomic E-state index is 0.0743. The molecular formula is C32H34ClN5O6. The normalized spacial score (nSPS) is 16.5. The predicted octanol–water partition coefficient (Wildman–Crippen LogP) is 3.28. The second-order valence-corrected chi connectivity index (χ2v) is 11.1. The van der Waals surface area contributed by atoms with Crippen molar-refractivity contribution < 1.29 is 19.4 Å². The summed E-state index contributed by atoms with van der Waals surface area (Å²) in [5.41, 5.74) is 3.56. The van der Waals surface area contributed by atoms with Gasteiger partial charge in [-0.15, -0.1) is 0 Å². The fourth-order valence-corrected chi connectivity index (χ4v) is 5.61. The number of hydrogen-bond donors (Lipinski definition) is 3. The third kappa shape index (κ3) is 6.18. The number of benzene rings is 2. The lowest BCUT2D eigenvalue weighted by Gasteiger charge is -2.28. The molecule has 0 spiro atoms. The number of amides is 1. The Morgan fingerprint density at radius 1 is 1.11 bits per heavy atom. The first-order valence-corrected chi connectivity index (χ1v) is 14.5. The third-order valence-electron chi connectivity index (χ3n) is 7.85. The smallest absolute Gasteiger partial charge is 0.330 e. The van der Waals surface area contributed by atoms with E-state index < -0.39 is 23.3 Å². The molecule has 1 fully saturated rings. The van der Waals surface area contributed by atoms with E-state index in [0.29, 0.717) is 54.0 Å². The number of anilines is 1. The molecule has 2 aromatic heterocycles. The molecule has 3 N–H and O–H groups in total. The number of ether oxygens (including phenoxy) is 2. The highest BCUT2D eigenvalue weighted by Crippen LogP contribution is 2.39. The number of aliphatic hydroxyl groups is 1. The van der Waals surface area contributed by atoms with Crippen LogP contribution in [0.1, 0.15) is 27.9 Å². The Morgan fingerprint density at radius 3 is 2.59 bits per heavy atom. The third-order valence-corrected chi connectivity index (χ3v) is 8.26. The lowest BCUT2D eigenvalue weighted by molar-refractivity contribution is -0.0281. The highest BCUT2D eigenvalue weighted by atomic mass is 35.5. The van der Waals surface area contributed by atoms with Crippen molar-refractivity contribution in [1.82, 2.24) is 19.4 Å². The lowest BCUT2D eigenvalue weighted by atomic mass is 9.96. The van der Waals surface area contributed by atoms with Gasteiger partial charge in [-0.05, 0) is 36.6 Å². The minimum atomic E-state index is -0.680. The summed E-state index contributed by atoms with van der Waals surface area (Å²) in [6, 6.07) is 14.8. The quantitative estimate of drug-likeness (QED) is 0.273. The molecule has 11 nitrogen and oxygen atoms in total. The summed E-state index contributed by atoms with van der Waals surface area (Å²) in [4.78, 5) is 42.5. The molecule has 2 aromatic carbocycles. The molecule has 2 atom stereocenters. The average molecular weight is 620 g/mol. The fraction of sp³-hybridized carbons (Fsp3) is 0.312. The Bertz CT molecular complexity index is 1840. The van der Waals surface area contributed by atoms with E-state index in [9.17, 15) is 19.5 Å². The molecule has 0 unspecified atom stereocenters. The van der Waals surface area contributed by atoms with Gasteiger partial charge in [-0.3, -0.25) is 14.2 Å². The zero-order valence-corrected chi connectivity index (χ0v) is 25.6. The maximum Gasteiger partial charge on any atom is 0.330 e. The maximum atomic E-state index is 13.1. The number of aliphatic hydroxyl groups excluding tert-OH is 1. The van der Waals surface area contributed by atoms with Crippen molar-refractivity contribution in [1.29, 1.82) is 0 Å². The van der Waals surface area contributed by atoms with Gasteiger partial charge in [0, 0.05) is 61.9 Å². The Kier molecular flexibility index (Phi) is 9.31. The first-order chi connectivity index (χ1) is 21.1. The monoisotopic (exact) mass is 619 g/mol. The van der Waals surface area contributed by atoms with Crippen LogP contribution in [0.3, 0.4) is 0 Å². The van der Waals surface area contributed by atoms with Crippen LogP contribution in [0.25, 0.3) is 22.4 Å². The fourth-order valence-electron chi connectivity index (χ4n) is 5.29. The molecule has 4 aromatic rings.